The van der Waals surface area contributed by atoms with Crippen molar-refractivity contribution in [3.63, 3.8) is 0 Å². The number of aryl methyl sites for hydroxylation is 2. The summed E-state index contributed by atoms with van der Waals surface area (Å²) < 4.78 is 42.1. The molecule has 0 aliphatic carbocycles. The molecule has 7 nitrogen and oxygen atoms in total. The maximum Gasteiger partial charge on any atom is 0.387 e. The number of alkyl halides is 2. The molecule has 0 spiro atoms. The molecule has 3 rings (SSSR count). The number of benzene rings is 1. The van der Waals surface area contributed by atoms with Crippen LogP contribution in [0.2, 0.25) is 0 Å². The van der Waals surface area contributed by atoms with Crippen molar-refractivity contribution >= 4 is 11.6 Å². The third-order valence-corrected chi connectivity index (χ3v) is 4.01. The van der Waals surface area contributed by atoms with Crippen molar-refractivity contribution in [2.24, 2.45) is 0 Å². The zero-order valence-electron chi connectivity index (χ0n) is 16.2. The van der Waals surface area contributed by atoms with Crippen LogP contribution in [0.15, 0.2) is 40.8 Å². The molecule has 2 aromatic heterocycles. The number of carbonyl (C=O) groups is 1. The Morgan fingerprint density at radius 2 is 2.00 bits per heavy atom. The lowest BCUT2D eigenvalue weighted by atomic mass is 10.2. The summed E-state index contributed by atoms with van der Waals surface area (Å²) in [5, 5.41) is 7.01. The monoisotopic (exact) mass is 405 g/mol. The summed E-state index contributed by atoms with van der Waals surface area (Å²) in [6, 6.07) is 9.39. The van der Waals surface area contributed by atoms with Gasteiger partial charge in [-0.1, -0.05) is 0 Å². The number of aromatic nitrogens is 2. The van der Waals surface area contributed by atoms with Gasteiger partial charge in [0.2, 0.25) is 0 Å². The number of amides is 1. The molecule has 0 atom stereocenters. The van der Waals surface area contributed by atoms with Gasteiger partial charge in [0.1, 0.15) is 5.76 Å². The van der Waals surface area contributed by atoms with Crippen molar-refractivity contribution in [2.45, 2.75) is 33.9 Å². The number of nitrogens with one attached hydrogen (secondary N) is 1. The van der Waals surface area contributed by atoms with Crippen molar-refractivity contribution in [1.29, 1.82) is 0 Å². The largest absolute Gasteiger partial charge is 0.490 e. The van der Waals surface area contributed by atoms with Crippen molar-refractivity contribution < 1.29 is 27.5 Å². The minimum Gasteiger partial charge on any atom is -0.490 e. The van der Waals surface area contributed by atoms with Gasteiger partial charge in [-0.2, -0.15) is 13.9 Å². The van der Waals surface area contributed by atoms with E-state index in [2.05, 4.69) is 15.2 Å². The highest BCUT2D eigenvalue weighted by Crippen LogP contribution is 2.32. The van der Waals surface area contributed by atoms with Crippen LogP contribution in [-0.4, -0.2) is 28.9 Å². The van der Waals surface area contributed by atoms with Crippen LogP contribution in [0.4, 0.5) is 14.5 Å². The number of anilines is 1. The summed E-state index contributed by atoms with van der Waals surface area (Å²) in [7, 11) is 0. The van der Waals surface area contributed by atoms with E-state index in [1.807, 2.05) is 19.9 Å². The lowest BCUT2D eigenvalue weighted by molar-refractivity contribution is -0.0514. The van der Waals surface area contributed by atoms with Gasteiger partial charge in [-0.05, 0) is 51.1 Å². The topological polar surface area (TPSA) is 78.5 Å². The Kier molecular flexibility index (Phi) is 6.16. The molecule has 0 unspecified atom stereocenters. The first-order chi connectivity index (χ1) is 13.9. The van der Waals surface area contributed by atoms with E-state index in [1.54, 1.807) is 23.7 Å². The molecular formula is C20H21F2N3O4. The predicted octanol–water partition coefficient (Wildman–Crippen LogP) is 4.39. The highest BCUT2D eigenvalue weighted by atomic mass is 19.3. The van der Waals surface area contributed by atoms with E-state index in [-0.39, 0.29) is 23.9 Å². The van der Waals surface area contributed by atoms with Crippen LogP contribution in [0.25, 0.3) is 0 Å². The quantitative estimate of drug-likeness (QED) is 0.601. The molecule has 2 heterocycles. The number of furan rings is 1. The number of halogens is 2. The summed E-state index contributed by atoms with van der Waals surface area (Å²) in [5.74, 6) is 0.222. The van der Waals surface area contributed by atoms with Gasteiger partial charge in [0.25, 0.3) is 5.91 Å². The summed E-state index contributed by atoms with van der Waals surface area (Å²) in [6.07, 6.45) is 0. The molecule has 0 fully saturated rings. The Labute approximate surface area is 166 Å². The molecule has 9 heteroatoms. The third kappa shape index (κ3) is 5.13. The van der Waals surface area contributed by atoms with Gasteiger partial charge < -0.3 is 19.2 Å². The second-order valence-electron chi connectivity index (χ2n) is 6.28. The maximum atomic E-state index is 12.5. The van der Waals surface area contributed by atoms with E-state index in [0.29, 0.717) is 18.0 Å². The lowest BCUT2D eigenvalue weighted by Gasteiger charge is -2.13. The average Bonchev–Trinajstić information content (AvgIpc) is 3.24. The molecule has 154 valence electrons. The molecule has 1 N–H and O–H groups in total. The zero-order chi connectivity index (χ0) is 21.0. The van der Waals surface area contributed by atoms with Gasteiger partial charge >= 0.3 is 6.61 Å². The first kappa shape index (κ1) is 20.4. The molecular weight excluding hydrogens is 384 g/mol. The summed E-state index contributed by atoms with van der Waals surface area (Å²) >= 11 is 0. The SMILES string of the molecule is CCOc1cc(NC(=O)c2ccc(Cn3nc(C)cc3C)o2)ccc1OC(F)F. The Balaban J connectivity index is 1.71. The van der Waals surface area contributed by atoms with Crippen molar-refractivity contribution in [1.82, 2.24) is 9.78 Å². The first-order valence-electron chi connectivity index (χ1n) is 8.98. The normalized spacial score (nSPS) is 11.0. The minimum atomic E-state index is -2.97. The molecule has 29 heavy (non-hydrogen) atoms. The summed E-state index contributed by atoms with van der Waals surface area (Å²) in [6.45, 7) is 3.24. The van der Waals surface area contributed by atoms with Gasteiger partial charge in [-0.15, -0.1) is 0 Å². The van der Waals surface area contributed by atoms with Crippen LogP contribution in [0.5, 0.6) is 11.5 Å². The molecule has 0 saturated heterocycles. The standard InChI is InChI=1S/C20H21F2N3O4/c1-4-27-18-10-14(5-7-16(18)29-20(21)22)23-19(26)17-8-6-15(28-17)11-25-13(3)9-12(2)24-25/h5-10,20H,4,11H2,1-3H3,(H,23,26). The smallest absolute Gasteiger partial charge is 0.387 e. The van der Waals surface area contributed by atoms with Gasteiger partial charge in [0.05, 0.1) is 18.8 Å². The second kappa shape index (κ2) is 8.76. The summed E-state index contributed by atoms with van der Waals surface area (Å²) in [5.41, 5.74) is 2.24. The number of hydrogen-bond acceptors (Lipinski definition) is 5. The van der Waals surface area contributed by atoms with E-state index in [9.17, 15) is 13.6 Å². The minimum absolute atomic E-state index is 0.106. The molecule has 3 aromatic rings. The van der Waals surface area contributed by atoms with E-state index in [4.69, 9.17) is 9.15 Å². The fraction of sp³-hybridized carbons (Fsp3) is 0.300. The Morgan fingerprint density at radius 1 is 1.21 bits per heavy atom. The second-order valence-corrected chi connectivity index (χ2v) is 6.28. The van der Waals surface area contributed by atoms with Gasteiger partial charge in [-0.25, -0.2) is 0 Å². The average molecular weight is 405 g/mol. The number of ether oxygens (including phenoxy) is 2. The fourth-order valence-corrected chi connectivity index (χ4v) is 2.81. The molecule has 0 radical (unpaired) electrons. The lowest BCUT2D eigenvalue weighted by Crippen LogP contribution is -2.11. The van der Waals surface area contributed by atoms with Crippen molar-refractivity contribution in [2.75, 3.05) is 11.9 Å². The number of hydrogen-bond donors (Lipinski definition) is 1. The highest BCUT2D eigenvalue weighted by molar-refractivity contribution is 6.02. The molecule has 0 bridgehead atoms. The Bertz CT molecular complexity index is 998. The fourth-order valence-electron chi connectivity index (χ4n) is 2.81. The van der Waals surface area contributed by atoms with Gasteiger partial charge in [0, 0.05) is 17.4 Å². The van der Waals surface area contributed by atoms with Gasteiger partial charge in [-0.3, -0.25) is 9.48 Å². The Morgan fingerprint density at radius 3 is 2.66 bits per heavy atom. The first-order valence-corrected chi connectivity index (χ1v) is 8.98. The van der Waals surface area contributed by atoms with E-state index in [1.165, 1.54) is 18.2 Å². The predicted molar refractivity (Wildman–Crippen MR) is 102 cm³/mol. The summed E-state index contributed by atoms with van der Waals surface area (Å²) in [4.78, 5) is 12.5. The van der Waals surface area contributed by atoms with E-state index < -0.39 is 12.5 Å². The number of rotatable bonds is 8. The van der Waals surface area contributed by atoms with Crippen LogP contribution < -0.4 is 14.8 Å². The maximum absolute atomic E-state index is 12.5. The number of nitrogens with zero attached hydrogens (tertiary/aromatic N) is 2. The number of carbonyl (C=O) groups excluding carboxylic acids is 1. The third-order valence-electron chi connectivity index (χ3n) is 4.01. The van der Waals surface area contributed by atoms with Crippen LogP contribution in [0, 0.1) is 13.8 Å². The van der Waals surface area contributed by atoms with Crippen LogP contribution in [-0.2, 0) is 6.54 Å². The molecule has 1 amide bonds. The van der Waals surface area contributed by atoms with Crippen LogP contribution in [0.1, 0.15) is 34.6 Å². The molecule has 0 aliphatic rings. The van der Waals surface area contributed by atoms with Gasteiger partial charge in [0.15, 0.2) is 17.3 Å². The molecule has 1 aromatic carbocycles. The molecule has 0 aliphatic heterocycles. The van der Waals surface area contributed by atoms with Crippen LogP contribution in [0.3, 0.4) is 0 Å². The van der Waals surface area contributed by atoms with Crippen molar-refractivity contribution in [3.8, 4) is 11.5 Å². The zero-order valence-corrected chi connectivity index (χ0v) is 16.2. The Hall–Kier alpha value is -3.36. The van der Waals surface area contributed by atoms with E-state index >= 15 is 0 Å². The van der Waals surface area contributed by atoms with Crippen molar-refractivity contribution in [3.05, 3.63) is 59.3 Å². The highest BCUT2D eigenvalue weighted by Gasteiger charge is 2.16. The van der Waals surface area contributed by atoms with Crippen LogP contribution >= 0.6 is 0 Å². The van der Waals surface area contributed by atoms with E-state index in [0.717, 1.165) is 11.4 Å². The molecule has 0 saturated carbocycles.